The molecule has 1 aromatic heterocycles. The second-order valence-electron chi connectivity index (χ2n) is 8.05. The van der Waals surface area contributed by atoms with Crippen molar-refractivity contribution in [1.29, 1.82) is 0 Å². The van der Waals surface area contributed by atoms with Crippen molar-refractivity contribution in [2.24, 2.45) is 13.0 Å². The largest absolute Gasteiger partial charge is 0.469 e. The lowest BCUT2D eigenvalue weighted by Crippen LogP contribution is -2.38. The Labute approximate surface area is 170 Å². The quantitative estimate of drug-likeness (QED) is 0.597. The number of nitrogens with zero attached hydrogens (tertiary/aromatic N) is 2. The van der Waals surface area contributed by atoms with Crippen LogP contribution in [0.3, 0.4) is 0 Å². The van der Waals surface area contributed by atoms with Crippen LogP contribution in [-0.4, -0.2) is 32.1 Å². The van der Waals surface area contributed by atoms with E-state index in [1.54, 1.807) is 18.2 Å². The zero-order valence-corrected chi connectivity index (χ0v) is 17.5. The molecule has 0 atom stereocenters. The number of esters is 1. The van der Waals surface area contributed by atoms with Crippen LogP contribution in [0, 0.1) is 12.5 Å². The summed E-state index contributed by atoms with van der Waals surface area (Å²) in [7, 11) is -0.398. The van der Waals surface area contributed by atoms with E-state index in [2.05, 4.69) is 9.57 Å². The lowest BCUT2D eigenvalue weighted by molar-refractivity contribution is -0.146. The predicted octanol–water partition coefficient (Wildman–Crippen LogP) is 3.62. The number of sulfonamides is 1. The van der Waals surface area contributed by atoms with E-state index < -0.39 is 10.0 Å². The fourth-order valence-electron chi connectivity index (χ4n) is 4.43. The Hall–Kier alpha value is -2.37. The van der Waals surface area contributed by atoms with Crippen LogP contribution in [0.25, 0.3) is 15.7 Å². The molecule has 2 aliphatic rings. The molecule has 2 aromatic rings. The first-order valence-electron chi connectivity index (χ1n) is 9.95. The summed E-state index contributed by atoms with van der Waals surface area (Å²) in [5.41, 5.74) is 2.43. The number of aromatic nitrogens is 1. The molecule has 2 aliphatic carbocycles. The van der Waals surface area contributed by atoms with Gasteiger partial charge in [-0.2, -0.15) is 0 Å². The molecule has 0 spiro atoms. The predicted molar refractivity (Wildman–Crippen MR) is 109 cm³/mol. The molecule has 0 bridgehead atoms. The van der Waals surface area contributed by atoms with Crippen LogP contribution in [0.5, 0.6) is 0 Å². The first kappa shape index (κ1) is 19.9. The van der Waals surface area contributed by atoms with Crippen molar-refractivity contribution in [1.82, 2.24) is 9.29 Å². The number of fused-ring (bicyclic) bond motifs is 1. The first-order valence-corrected chi connectivity index (χ1v) is 11.4. The summed E-state index contributed by atoms with van der Waals surface area (Å²) < 4.78 is 35.5. The van der Waals surface area contributed by atoms with Gasteiger partial charge in [0.05, 0.1) is 24.5 Å². The van der Waals surface area contributed by atoms with E-state index in [9.17, 15) is 13.2 Å². The third kappa shape index (κ3) is 3.65. The summed E-state index contributed by atoms with van der Waals surface area (Å²) >= 11 is 0. The van der Waals surface area contributed by atoms with Gasteiger partial charge < -0.3 is 9.30 Å². The molecule has 1 N–H and O–H groups in total. The molecule has 8 heteroatoms. The van der Waals surface area contributed by atoms with Gasteiger partial charge in [-0.3, -0.25) is 4.79 Å². The molecule has 7 nitrogen and oxygen atoms in total. The molecule has 154 valence electrons. The third-order valence-corrected chi connectivity index (χ3v) is 7.68. The molecule has 0 saturated heterocycles. The minimum atomic E-state index is -3.68. The maximum absolute atomic E-state index is 13.0. The molecule has 1 aromatic carbocycles. The van der Waals surface area contributed by atoms with Crippen molar-refractivity contribution in [3.05, 3.63) is 35.3 Å². The fourth-order valence-corrected chi connectivity index (χ4v) is 5.75. The monoisotopic (exact) mass is 415 g/mol. The van der Waals surface area contributed by atoms with Gasteiger partial charge in [-0.05, 0) is 56.6 Å². The zero-order valence-electron chi connectivity index (χ0n) is 16.6. The molecule has 2 fully saturated rings. The Morgan fingerprint density at radius 2 is 1.90 bits per heavy atom. The summed E-state index contributed by atoms with van der Waals surface area (Å²) in [5.74, 6) is 0.0376. The average Bonchev–Trinajstić information content (AvgIpc) is 3.51. The van der Waals surface area contributed by atoms with Gasteiger partial charge in [0.2, 0.25) is 15.7 Å². The van der Waals surface area contributed by atoms with Crippen LogP contribution >= 0.6 is 0 Å². The molecule has 4 rings (SSSR count). The minimum absolute atomic E-state index is 0.145. The molecule has 0 radical (unpaired) electrons. The van der Waals surface area contributed by atoms with Crippen molar-refractivity contribution in [2.75, 3.05) is 7.11 Å². The number of hydrogen-bond donors (Lipinski definition) is 1. The highest BCUT2D eigenvalue weighted by molar-refractivity contribution is 7.89. The topological polar surface area (TPSA) is 81.8 Å². The van der Waals surface area contributed by atoms with Gasteiger partial charge in [0.15, 0.2) is 0 Å². The van der Waals surface area contributed by atoms with Crippen LogP contribution in [0.15, 0.2) is 23.1 Å². The minimum Gasteiger partial charge on any atom is -0.469 e. The van der Waals surface area contributed by atoms with E-state index in [0.29, 0.717) is 37.3 Å². The second kappa shape index (κ2) is 7.47. The van der Waals surface area contributed by atoms with E-state index in [-0.39, 0.29) is 22.8 Å². The molecular weight excluding hydrogens is 390 g/mol. The summed E-state index contributed by atoms with van der Waals surface area (Å²) in [6, 6.07) is 4.80. The summed E-state index contributed by atoms with van der Waals surface area (Å²) in [6.07, 6.45) is 4.62. The van der Waals surface area contributed by atoms with E-state index in [0.717, 1.165) is 29.4 Å². The highest BCUT2D eigenvalue weighted by atomic mass is 32.2. The number of nitrogens with one attached hydrogen (secondary N) is 1. The summed E-state index contributed by atoms with van der Waals surface area (Å²) in [5, 5.41) is 0.807. The van der Waals surface area contributed by atoms with Crippen LogP contribution in [0.1, 0.15) is 50.1 Å². The molecular formula is C21H25N3O4S. The third-order valence-electron chi connectivity index (χ3n) is 6.16. The molecule has 1 heterocycles. The smallest absolute Gasteiger partial charge is 0.308 e. The number of benzene rings is 1. The van der Waals surface area contributed by atoms with Gasteiger partial charge in [0, 0.05) is 29.7 Å². The molecule has 0 amide bonds. The van der Waals surface area contributed by atoms with Gasteiger partial charge in [-0.1, -0.05) is 6.07 Å². The van der Waals surface area contributed by atoms with Gasteiger partial charge in [-0.15, -0.1) is 0 Å². The average molecular weight is 416 g/mol. The number of carbonyl (C=O) groups excluding carboxylic acids is 1. The van der Waals surface area contributed by atoms with Gasteiger partial charge in [-0.25, -0.2) is 18.0 Å². The molecule has 29 heavy (non-hydrogen) atoms. The van der Waals surface area contributed by atoms with E-state index in [4.69, 9.17) is 11.3 Å². The Bertz CT molecular complexity index is 1100. The van der Waals surface area contributed by atoms with E-state index in [1.807, 2.05) is 11.6 Å². The fraction of sp³-hybridized carbons (Fsp3) is 0.524. The van der Waals surface area contributed by atoms with Crippen molar-refractivity contribution >= 4 is 32.6 Å². The Morgan fingerprint density at radius 3 is 2.48 bits per heavy atom. The Kier molecular flexibility index (Phi) is 5.13. The van der Waals surface area contributed by atoms with Crippen LogP contribution in [0.4, 0.5) is 5.69 Å². The van der Waals surface area contributed by atoms with E-state index in [1.165, 1.54) is 7.11 Å². The molecule has 0 unspecified atom stereocenters. The number of ether oxygens (including phenoxy) is 1. The van der Waals surface area contributed by atoms with Crippen LogP contribution < -0.4 is 4.72 Å². The van der Waals surface area contributed by atoms with Crippen molar-refractivity contribution < 1.29 is 17.9 Å². The van der Waals surface area contributed by atoms with E-state index >= 15 is 0 Å². The molecule has 2 saturated carbocycles. The lowest BCUT2D eigenvalue weighted by atomic mass is 9.86. The van der Waals surface area contributed by atoms with Gasteiger partial charge >= 0.3 is 5.97 Å². The Morgan fingerprint density at radius 1 is 1.21 bits per heavy atom. The normalized spacial score (nSPS) is 22.4. The molecule has 0 aliphatic heterocycles. The first-order chi connectivity index (χ1) is 13.9. The van der Waals surface area contributed by atoms with Crippen molar-refractivity contribution in [2.45, 2.75) is 55.4 Å². The number of methoxy groups -OCH3 is 1. The maximum atomic E-state index is 13.0. The lowest BCUT2D eigenvalue weighted by Gasteiger charge is -2.27. The summed E-state index contributed by atoms with van der Waals surface area (Å²) in [6.45, 7) is 7.56. The second-order valence-corrected chi connectivity index (χ2v) is 9.76. The van der Waals surface area contributed by atoms with Gasteiger partial charge in [0.25, 0.3) is 0 Å². The highest BCUT2D eigenvalue weighted by Gasteiger charge is 2.32. The number of carbonyl (C=O) groups is 1. The maximum Gasteiger partial charge on any atom is 0.308 e. The van der Waals surface area contributed by atoms with Crippen LogP contribution in [0.2, 0.25) is 0 Å². The SMILES string of the molecule is [C-]#[N+]c1c(C2CC2)n(C)c2cc(S(=O)(=O)NC3CCC(C(=O)OC)CC3)ccc12. The highest BCUT2D eigenvalue weighted by Crippen LogP contribution is 2.48. The van der Waals surface area contributed by atoms with Crippen LogP contribution in [-0.2, 0) is 26.6 Å². The van der Waals surface area contributed by atoms with Gasteiger partial charge in [0.1, 0.15) is 0 Å². The number of aryl methyl sites for hydroxylation is 1. The summed E-state index contributed by atoms with van der Waals surface area (Å²) in [4.78, 5) is 15.6. The van der Waals surface area contributed by atoms with Crippen molar-refractivity contribution in [3.63, 3.8) is 0 Å². The number of hydrogen-bond acceptors (Lipinski definition) is 4. The Balaban J connectivity index is 1.57. The van der Waals surface area contributed by atoms with Crippen molar-refractivity contribution in [3.8, 4) is 0 Å². The standard InChI is InChI=1S/C21H25N3O4S/c1-22-19-17-11-10-16(12-18(17)24(2)20(19)13-4-5-13)29(26,27)23-15-8-6-14(7-9-15)21(25)28-3/h10-15,23H,4-9H2,2-3H3. The number of rotatable bonds is 5. The zero-order chi connectivity index (χ0) is 20.8.